The Bertz CT molecular complexity index is 8920. The van der Waals surface area contributed by atoms with Gasteiger partial charge in [-0.3, -0.25) is 0 Å². The van der Waals surface area contributed by atoms with Gasteiger partial charge in [-0.15, -0.1) is 0 Å². The summed E-state index contributed by atoms with van der Waals surface area (Å²) in [5, 5.41) is 14.7. The summed E-state index contributed by atoms with van der Waals surface area (Å²) in [7, 11) is 3.75. The molecule has 21 aromatic carbocycles. The van der Waals surface area contributed by atoms with E-state index in [0.29, 0.717) is 110 Å². The molecule has 0 bridgehead atoms. The average Bonchev–Trinajstić information content (AvgIpc) is 0.955. The largest absolute Gasteiger partial charge is 0.456 e. The lowest BCUT2D eigenvalue weighted by Gasteiger charge is -2.18. The third-order valence-electron chi connectivity index (χ3n) is 22.5. The van der Waals surface area contributed by atoms with Crippen LogP contribution in [0.4, 0.5) is 0 Å². The van der Waals surface area contributed by atoms with Crippen LogP contribution < -0.4 is 0 Å². The van der Waals surface area contributed by atoms with Crippen molar-refractivity contribution in [1.82, 2.24) is 0 Å². The van der Waals surface area contributed by atoms with Gasteiger partial charge in [-0.1, -0.05) is 422 Å². The maximum atomic E-state index is 9.29. The first kappa shape index (κ1) is 51.5. The molecule has 0 spiro atoms. The summed E-state index contributed by atoms with van der Waals surface area (Å²) in [6.07, 6.45) is 0. The van der Waals surface area contributed by atoms with E-state index in [1.54, 1.807) is 54.6 Å². The minimum atomic E-state index is -0.301. The predicted octanol–water partition coefficient (Wildman–Crippen LogP) is 36.1. The monoisotopic (exact) mass is 1580 g/mol. The summed E-state index contributed by atoms with van der Waals surface area (Å²) in [5.74, 6) is 0. The van der Waals surface area contributed by atoms with Gasteiger partial charge >= 0.3 is 0 Å². The Balaban J connectivity index is 0.000000175. The van der Waals surface area contributed by atoms with E-state index < -0.39 is 0 Å². The SMILES string of the molecule is [2H]C.[2H]C.[2H]C.[2H][2H].[2H][2H].[2H][2H].[2H][2H].[2H][2H].[2H][2H].[2H]c1c([2H])c(-c2ccc(-c3c4ccccc4c(-c4ccccc4)c4ccccc34)cc2)c2c(oc3ccccc32)c1[2H].[2H]c1c([2H])c([2H])c2c(-c3ccc(-c4c([2H])c([2H])c5c(oc6ccccc65)c4[2H])cc3)c3ccccc3c(-c3ccccc3)c2c1[2H].[2H]c1cc2c(-c3ccccc3)c3cc([2H])c([2H])cc3c(-c3cc([2H])c(-c4cccc5c4oc4ccccc45)cc3[2H])c2cc1[2H]. The van der Waals surface area contributed by atoms with Gasteiger partial charge in [-0.2, -0.15) is 0 Å². The molecule has 0 amide bonds. The fraction of sp³-hybridized carbons (Fsp3) is 0.0256. The van der Waals surface area contributed by atoms with E-state index in [1.165, 1.54) is 60.4 Å². The molecule has 24 rings (SSSR count). The minimum absolute atomic E-state index is 0.000452. The normalized spacial score (nSPS) is 13.7. The highest BCUT2D eigenvalue weighted by atomic mass is 16.3. The molecule has 0 saturated heterocycles. The van der Waals surface area contributed by atoms with E-state index in [9.17, 15) is 2.74 Å². The van der Waals surface area contributed by atoms with Crippen molar-refractivity contribution in [3.8, 4) is 100 Å². The van der Waals surface area contributed by atoms with Gasteiger partial charge in [0.25, 0.3) is 0 Å². The number of benzene rings is 21. The second-order valence-electron chi connectivity index (χ2n) is 29.0. The minimum Gasteiger partial charge on any atom is -0.456 e. The van der Waals surface area contributed by atoms with E-state index in [2.05, 4.69) is 84.9 Å². The molecule has 0 saturated carbocycles. The van der Waals surface area contributed by atoms with Gasteiger partial charge in [0.15, 0.2) is 0 Å². The highest BCUT2D eigenvalue weighted by Gasteiger charge is 2.23. The van der Waals surface area contributed by atoms with Gasteiger partial charge in [-0.25, -0.2) is 0 Å². The van der Waals surface area contributed by atoms with E-state index in [-0.39, 0.29) is 102 Å². The van der Waals surface area contributed by atoms with Crippen molar-refractivity contribution in [1.29, 1.82) is 0 Å². The molecular formula is C117H96O3. The van der Waals surface area contributed by atoms with E-state index >= 15 is 0 Å². The van der Waals surface area contributed by atoms with Crippen molar-refractivity contribution in [2.75, 3.05) is 0 Å². The Labute approximate surface area is 743 Å². The zero-order chi connectivity index (χ0) is 109. The van der Waals surface area contributed by atoms with Crippen LogP contribution in [-0.4, -0.2) is 0 Å². The molecule has 0 fully saturated rings. The third kappa shape index (κ3) is 12.9. The average molecular weight is 1580 g/mol. The van der Waals surface area contributed by atoms with Gasteiger partial charge in [0, 0.05) is 59.8 Å². The van der Waals surface area contributed by atoms with Crippen molar-refractivity contribution in [2.45, 2.75) is 22.2 Å². The molecule has 3 heterocycles. The smallest absolute Gasteiger partial charge is 0.143 e. The van der Waals surface area contributed by atoms with Crippen LogP contribution in [0.25, 0.3) is 231 Å². The zero-order valence-corrected chi connectivity index (χ0v) is 65.6. The molecule has 3 heteroatoms. The van der Waals surface area contributed by atoms with Gasteiger partial charge in [0.1, 0.15) is 33.5 Å². The van der Waals surface area contributed by atoms with Crippen molar-refractivity contribution in [3.05, 3.63) is 436 Å². The van der Waals surface area contributed by atoms with E-state index in [4.69, 9.17) is 54.4 Å². The Morgan fingerprint density at radius 2 is 0.533 bits per heavy atom. The molecule has 120 heavy (non-hydrogen) atoms. The number of fused-ring (bicyclic) bond motifs is 15. The summed E-state index contributed by atoms with van der Waals surface area (Å²) in [5.41, 5.74) is 17.3. The molecule has 0 aliphatic carbocycles. The molecular weight excluding hydrogens is 1450 g/mol. The Hall–Kier alpha value is -15.4. The van der Waals surface area contributed by atoms with Crippen molar-refractivity contribution >= 4 is 130 Å². The lowest BCUT2D eigenvalue weighted by molar-refractivity contribution is 0.668. The van der Waals surface area contributed by atoms with Gasteiger partial charge in [0.2, 0.25) is 0 Å². The maximum Gasteiger partial charge on any atom is 0.143 e. The molecule has 0 aliphatic heterocycles. The van der Waals surface area contributed by atoms with Gasteiger partial charge < -0.3 is 13.3 Å². The first-order chi connectivity index (χ1) is 73.7. The van der Waals surface area contributed by atoms with Crippen LogP contribution in [0.3, 0.4) is 0 Å². The highest BCUT2D eigenvalue weighted by molar-refractivity contribution is 6.25. The molecule has 0 N–H and O–H groups in total. The van der Waals surface area contributed by atoms with Crippen molar-refractivity contribution in [3.63, 3.8) is 0 Å². The lowest BCUT2D eigenvalue weighted by Crippen LogP contribution is -1.90. The number of hydrogen-bond acceptors (Lipinski definition) is 3. The molecule has 0 unspecified atom stereocenters. The molecule has 0 atom stereocenters. The quantitative estimate of drug-likeness (QED) is 0.135. The predicted molar refractivity (Wildman–Crippen MR) is 528 cm³/mol. The molecule has 0 aliphatic rings. The first-order valence-electron chi connectivity index (χ1n) is 55.8. The second kappa shape index (κ2) is 31.6. The van der Waals surface area contributed by atoms with Crippen LogP contribution in [0, 0.1) is 0 Å². The standard InChI is InChI=1S/3C38H24O.3CH4.6H2/c1-2-11-26(12-3-1)36-30-14-4-6-16-32(30)37(33-17-7-5-15-31(33)36)27-23-21-25(22-24-27)28-18-10-19-34-29-13-8-9-20-35(29)39-38(28)34;1-2-11-26(12-3-1)36-29-13-4-6-15-31(29)37(32-16-7-5-14-30(32)36)27-23-21-25(22-24-27)28-18-10-20-35-38(28)33-17-8-9-19-34(33)39-35;1-2-10-26(11-3-1)37-31-13-4-6-15-33(31)38(34-16-7-5-14-32(34)37)27-20-18-25(19-21-27)28-22-23-30-29-12-8-9-17-35(29)39-36(30)24-28;;;;;;;;;/h3*1-24H;3*1H4;6*1H/i4D,5D,6D,7D,21D,24D;10D,18D,20D;4D,6D,13D,15D,22D,23D,24D;3*1D;6*1+1D. The van der Waals surface area contributed by atoms with Gasteiger partial charge in [0.05, 0.1) is 21.9 Å². The summed E-state index contributed by atoms with van der Waals surface area (Å²) in [6.45, 7) is 0. The summed E-state index contributed by atoms with van der Waals surface area (Å²) >= 11 is 0. The van der Waals surface area contributed by atoms with Crippen LogP contribution >= 0.6 is 0 Å². The third-order valence-corrected chi connectivity index (χ3v) is 22.5. The lowest BCUT2D eigenvalue weighted by atomic mass is 9.85. The van der Waals surface area contributed by atoms with Crippen LogP contribution in [0.2, 0.25) is 0 Å². The number of para-hydroxylation sites is 4. The molecule has 582 valence electrons. The Morgan fingerprint density at radius 1 is 0.183 bits per heavy atom. The fourth-order valence-corrected chi connectivity index (χ4v) is 17.3. The number of hydrogen-bond donors (Lipinski definition) is 0. The summed E-state index contributed by atoms with van der Waals surface area (Å²) in [6, 6.07) is 109. The van der Waals surface area contributed by atoms with E-state index in [1.807, 2.05) is 200 Å². The molecule has 24 aromatic rings. The second-order valence-corrected chi connectivity index (χ2v) is 29.0. The van der Waals surface area contributed by atoms with Gasteiger partial charge in [-0.05, 0) is 196 Å². The van der Waals surface area contributed by atoms with E-state index in [0.717, 1.165) is 77.0 Å². The van der Waals surface area contributed by atoms with Crippen molar-refractivity contribution < 1.29 is 57.1 Å². The maximum absolute atomic E-state index is 9.29. The first-order valence-corrected chi connectivity index (χ1v) is 38.8. The topological polar surface area (TPSA) is 39.4 Å². The Kier molecular flexibility index (Phi) is 13.6. The highest BCUT2D eigenvalue weighted by Crippen LogP contribution is 2.49. The van der Waals surface area contributed by atoms with Crippen molar-refractivity contribution in [2.24, 2.45) is 0 Å². The summed E-state index contributed by atoms with van der Waals surface area (Å²) in [4.78, 5) is 0. The van der Waals surface area contributed by atoms with Crippen LogP contribution in [0.1, 0.15) is 66.1 Å². The van der Waals surface area contributed by atoms with Crippen LogP contribution in [-0.2, 0) is 0 Å². The van der Waals surface area contributed by atoms with Crippen LogP contribution in [0.5, 0.6) is 0 Å². The molecule has 0 radical (unpaired) electrons. The molecule has 3 aromatic heterocycles. The summed E-state index contributed by atoms with van der Waals surface area (Å²) < 4.78 is 236. The zero-order valence-electron chi connectivity index (χ0n) is 96.6. The number of rotatable bonds is 9. The molecule has 3 nitrogen and oxygen atoms in total. The van der Waals surface area contributed by atoms with Crippen LogP contribution in [0.15, 0.2) is 450 Å². The Morgan fingerprint density at radius 3 is 1.02 bits per heavy atom. The fourth-order valence-electron chi connectivity index (χ4n) is 17.3. The number of furan rings is 3.